The van der Waals surface area contributed by atoms with Gasteiger partial charge in [0.25, 0.3) is 0 Å². The second-order valence-corrected chi connectivity index (χ2v) is 4.13. The lowest BCUT2D eigenvalue weighted by Crippen LogP contribution is -2.65. The highest BCUT2D eigenvalue weighted by Crippen LogP contribution is 2.35. The van der Waals surface area contributed by atoms with Crippen LogP contribution in [0.2, 0.25) is 0 Å². The van der Waals surface area contributed by atoms with Crippen molar-refractivity contribution in [3.05, 3.63) is 29.6 Å². The lowest BCUT2D eigenvalue weighted by Gasteiger charge is -2.44. The molecule has 2 aliphatic heterocycles. The Kier molecular flexibility index (Phi) is 2.64. The zero-order valence-corrected chi connectivity index (χ0v) is 9.27. The first-order chi connectivity index (χ1) is 7.19. The van der Waals surface area contributed by atoms with E-state index >= 15 is 0 Å². The van der Waals surface area contributed by atoms with Crippen molar-refractivity contribution < 1.29 is 13.9 Å². The van der Waals surface area contributed by atoms with E-state index < -0.39 is 5.82 Å². The molecule has 1 fully saturated rings. The van der Waals surface area contributed by atoms with Gasteiger partial charge in [0.05, 0.1) is 12.0 Å². The molecular weight excluding hydrogens is 233 g/mol. The third-order valence-electron chi connectivity index (χ3n) is 2.95. The van der Waals surface area contributed by atoms with Crippen molar-refractivity contribution in [1.82, 2.24) is 5.32 Å². The highest BCUT2D eigenvalue weighted by Gasteiger charge is 2.45. The molecule has 1 aromatic rings. The Bertz CT molecular complexity index is 446. The SMILES string of the molecule is Cl.O=C1CC2(CNC2)Oc2ccc(F)cc21. The van der Waals surface area contributed by atoms with Gasteiger partial charge in [-0.15, -0.1) is 12.4 Å². The molecular formula is C11H11ClFNO2. The van der Waals surface area contributed by atoms with Crippen LogP contribution >= 0.6 is 12.4 Å². The Hall–Kier alpha value is -1.13. The molecule has 0 bridgehead atoms. The number of benzene rings is 1. The molecule has 1 aromatic carbocycles. The summed E-state index contributed by atoms with van der Waals surface area (Å²) in [4.78, 5) is 11.8. The summed E-state index contributed by atoms with van der Waals surface area (Å²) in [5, 5.41) is 3.08. The molecule has 2 aliphatic rings. The van der Waals surface area contributed by atoms with Crippen LogP contribution in [-0.4, -0.2) is 24.5 Å². The summed E-state index contributed by atoms with van der Waals surface area (Å²) in [5.41, 5.74) is -0.00502. The summed E-state index contributed by atoms with van der Waals surface area (Å²) in [5.74, 6) is 0.0831. The monoisotopic (exact) mass is 243 g/mol. The lowest BCUT2D eigenvalue weighted by molar-refractivity contribution is 0.00230. The van der Waals surface area contributed by atoms with Gasteiger partial charge >= 0.3 is 0 Å². The van der Waals surface area contributed by atoms with Gasteiger partial charge in [-0.05, 0) is 18.2 Å². The molecule has 1 spiro atoms. The molecule has 86 valence electrons. The number of fused-ring (bicyclic) bond motifs is 1. The predicted octanol–water partition coefficient (Wildman–Crippen LogP) is 1.55. The fourth-order valence-corrected chi connectivity index (χ4v) is 2.07. The van der Waals surface area contributed by atoms with Crippen LogP contribution in [0.4, 0.5) is 4.39 Å². The van der Waals surface area contributed by atoms with E-state index in [4.69, 9.17) is 4.74 Å². The number of carbonyl (C=O) groups excluding carboxylic acids is 1. The summed E-state index contributed by atoms with van der Waals surface area (Å²) in [6, 6.07) is 4.09. The minimum atomic E-state index is -0.395. The van der Waals surface area contributed by atoms with Crippen molar-refractivity contribution in [3.63, 3.8) is 0 Å². The standard InChI is InChI=1S/C11H10FNO2.ClH/c12-7-1-2-10-8(3-7)9(14)4-11(15-10)5-13-6-11;/h1-3,13H,4-6H2;1H. The summed E-state index contributed by atoms with van der Waals surface area (Å²) >= 11 is 0. The van der Waals surface area contributed by atoms with Crippen LogP contribution < -0.4 is 10.1 Å². The lowest BCUT2D eigenvalue weighted by atomic mass is 9.85. The fraction of sp³-hybridized carbons (Fsp3) is 0.364. The van der Waals surface area contributed by atoms with Crippen LogP contribution in [0.1, 0.15) is 16.8 Å². The number of ketones is 1. The molecule has 2 heterocycles. The normalized spacial score (nSPS) is 20.4. The van der Waals surface area contributed by atoms with Crippen LogP contribution in [0.15, 0.2) is 18.2 Å². The van der Waals surface area contributed by atoms with E-state index in [0.717, 1.165) is 0 Å². The molecule has 0 unspecified atom stereocenters. The maximum atomic E-state index is 12.9. The summed E-state index contributed by atoms with van der Waals surface area (Å²) in [6.07, 6.45) is 0.344. The van der Waals surface area contributed by atoms with Crippen molar-refractivity contribution in [2.45, 2.75) is 12.0 Å². The molecule has 3 rings (SSSR count). The zero-order chi connectivity index (χ0) is 10.5. The second kappa shape index (κ2) is 3.71. The van der Waals surface area contributed by atoms with Gasteiger partial charge in [0, 0.05) is 13.1 Å². The molecule has 5 heteroatoms. The third-order valence-corrected chi connectivity index (χ3v) is 2.95. The van der Waals surface area contributed by atoms with E-state index in [1.165, 1.54) is 18.2 Å². The number of carbonyl (C=O) groups is 1. The maximum Gasteiger partial charge on any atom is 0.170 e. The molecule has 1 saturated heterocycles. The Balaban J connectivity index is 0.000000963. The summed E-state index contributed by atoms with van der Waals surface area (Å²) < 4.78 is 18.7. The number of nitrogens with one attached hydrogen (secondary N) is 1. The topological polar surface area (TPSA) is 38.3 Å². The number of rotatable bonds is 0. The van der Waals surface area contributed by atoms with Crippen molar-refractivity contribution in [3.8, 4) is 5.75 Å². The number of halogens is 2. The van der Waals surface area contributed by atoms with E-state index in [-0.39, 0.29) is 23.8 Å². The minimum Gasteiger partial charge on any atom is -0.483 e. The molecule has 0 amide bonds. The number of Topliss-reactive ketones (excluding diaryl/α,β-unsaturated/α-hetero) is 1. The van der Waals surface area contributed by atoms with Crippen molar-refractivity contribution in [1.29, 1.82) is 0 Å². The molecule has 0 saturated carbocycles. The zero-order valence-electron chi connectivity index (χ0n) is 8.46. The van der Waals surface area contributed by atoms with Gasteiger partial charge in [-0.2, -0.15) is 0 Å². The van der Waals surface area contributed by atoms with Crippen molar-refractivity contribution in [2.24, 2.45) is 0 Å². The number of ether oxygens (including phenoxy) is 1. The second-order valence-electron chi connectivity index (χ2n) is 4.13. The van der Waals surface area contributed by atoms with Gasteiger partial charge in [0.1, 0.15) is 17.2 Å². The van der Waals surface area contributed by atoms with Crippen LogP contribution in [0.25, 0.3) is 0 Å². The van der Waals surface area contributed by atoms with Gasteiger partial charge in [-0.1, -0.05) is 0 Å². The molecule has 1 N–H and O–H groups in total. The molecule has 16 heavy (non-hydrogen) atoms. The highest BCUT2D eigenvalue weighted by molar-refractivity contribution is 6.00. The van der Waals surface area contributed by atoms with E-state index in [9.17, 15) is 9.18 Å². The Morgan fingerprint density at radius 2 is 2.12 bits per heavy atom. The molecule has 3 nitrogen and oxygen atoms in total. The molecule has 0 aromatic heterocycles. The van der Waals surface area contributed by atoms with Crippen LogP contribution in [0, 0.1) is 5.82 Å². The summed E-state index contributed by atoms with van der Waals surface area (Å²) in [7, 11) is 0. The first-order valence-corrected chi connectivity index (χ1v) is 4.91. The first-order valence-electron chi connectivity index (χ1n) is 4.91. The fourth-order valence-electron chi connectivity index (χ4n) is 2.07. The average Bonchev–Trinajstić information content (AvgIpc) is 2.16. The van der Waals surface area contributed by atoms with E-state index in [2.05, 4.69) is 5.32 Å². The van der Waals surface area contributed by atoms with Crippen LogP contribution in [0.5, 0.6) is 5.75 Å². The maximum absolute atomic E-state index is 12.9. The van der Waals surface area contributed by atoms with E-state index in [1.54, 1.807) is 0 Å². The number of hydrogen-bond acceptors (Lipinski definition) is 3. The Morgan fingerprint density at radius 3 is 2.75 bits per heavy atom. The number of hydrogen-bond donors (Lipinski definition) is 1. The Morgan fingerprint density at radius 1 is 1.38 bits per heavy atom. The van der Waals surface area contributed by atoms with Gasteiger partial charge < -0.3 is 10.1 Å². The van der Waals surface area contributed by atoms with Gasteiger partial charge in [-0.25, -0.2) is 4.39 Å². The van der Waals surface area contributed by atoms with E-state index in [0.29, 0.717) is 30.8 Å². The molecule has 0 radical (unpaired) electrons. The first kappa shape index (κ1) is 11.4. The summed E-state index contributed by atoms with van der Waals surface area (Å²) in [6.45, 7) is 1.38. The quantitative estimate of drug-likeness (QED) is 0.752. The molecule has 0 aliphatic carbocycles. The van der Waals surface area contributed by atoms with Gasteiger partial charge in [0.15, 0.2) is 5.78 Å². The highest BCUT2D eigenvalue weighted by atomic mass is 35.5. The third kappa shape index (κ3) is 1.58. The van der Waals surface area contributed by atoms with Gasteiger partial charge in [0.2, 0.25) is 0 Å². The average molecular weight is 244 g/mol. The van der Waals surface area contributed by atoms with Crippen LogP contribution in [0.3, 0.4) is 0 Å². The minimum absolute atomic E-state index is 0. The van der Waals surface area contributed by atoms with E-state index in [1.807, 2.05) is 0 Å². The predicted molar refractivity (Wildman–Crippen MR) is 58.8 cm³/mol. The molecule has 0 atom stereocenters. The van der Waals surface area contributed by atoms with Crippen molar-refractivity contribution in [2.75, 3.05) is 13.1 Å². The van der Waals surface area contributed by atoms with Gasteiger partial charge in [-0.3, -0.25) is 4.79 Å². The Labute approximate surface area is 98.4 Å². The smallest absolute Gasteiger partial charge is 0.170 e. The van der Waals surface area contributed by atoms with Crippen molar-refractivity contribution >= 4 is 18.2 Å². The largest absolute Gasteiger partial charge is 0.483 e. The van der Waals surface area contributed by atoms with Crippen LogP contribution in [-0.2, 0) is 0 Å².